The van der Waals surface area contributed by atoms with Crippen LogP contribution in [0.3, 0.4) is 0 Å². The summed E-state index contributed by atoms with van der Waals surface area (Å²) in [6.07, 6.45) is 0.734. The van der Waals surface area contributed by atoms with E-state index in [1.165, 1.54) is 11.3 Å². The van der Waals surface area contributed by atoms with Gasteiger partial charge in [-0.2, -0.15) is 4.52 Å². The van der Waals surface area contributed by atoms with Crippen LogP contribution in [0.5, 0.6) is 11.6 Å². The predicted octanol–water partition coefficient (Wildman–Crippen LogP) is 1.77. The fourth-order valence-corrected chi connectivity index (χ4v) is 4.96. The Morgan fingerprint density at radius 1 is 1.17 bits per heavy atom. The maximum Gasteiger partial charge on any atom is 0.230 e. The zero-order valence-electron chi connectivity index (χ0n) is 16.8. The number of rotatable bonds is 7. The van der Waals surface area contributed by atoms with Crippen molar-refractivity contribution in [3.8, 4) is 11.6 Å². The number of β-amino-alcohol motifs (C(OH)–C–C–N with tert-alkyl or cyclic N) is 1. The molecule has 3 heterocycles. The Morgan fingerprint density at radius 3 is 2.48 bits per heavy atom. The third kappa shape index (κ3) is 3.95. The molecule has 156 valence electrons. The minimum atomic E-state index is -0.0873. The van der Waals surface area contributed by atoms with Crippen LogP contribution < -0.4 is 4.74 Å². The molecule has 0 aliphatic carbocycles. The van der Waals surface area contributed by atoms with E-state index in [9.17, 15) is 10.2 Å². The molecule has 9 heteroatoms. The molecular weight excluding hydrogens is 390 g/mol. The van der Waals surface area contributed by atoms with Gasteiger partial charge in [-0.15, -0.1) is 5.10 Å². The summed E-state index contributed by atoms with van der Waals surface area (Å²) in [6.45, 7) is 6.35. The van der Waals surface area contributed by atoms with Gasteiger partial charge in [0.1, 0.15) is 5.75 Å². The molecule has 4 rings (SSSR count). The number of methoxy groups -OCH3 is 1. The Labute approximate surface area is 174 Å². The fourth-order valence-electron chi connectivity index (χ4n) is 3.82. The summed E-state index contributed by atoms with van der Waals surface area (Å²) in [5.41, 5.74) is 1.09. The fraction of sp³-hybridized carbons (Fsp3) is 0.500. The molecule has 1 aliphatic heterocycles. The van der Waals surface area contributed by atoms with E-state index in [4.69, 9.17) is 4.74 Å². The Hall–Kier alpha value is -2.20. The third-order valence-corrected chi connectivity index (χ3v) is 6.50. The summed E-state index contributed by atoms with van der Waals surface area (Å²) < 4.78 is 6.86. The number of hydrogen-bond donors (Lipinski definition) is 2. The lowest BCUT2D eigenvalue weighted by Gasteiger charge is -2.39. The molecule has 1 saturated heterocycles. The summed E-state index contributed by atoms with van der Waals surface area (Å²) in [6, 6.07) is 7.92. The minimum absolute atomic E-state index is 0.0873. The second-order valence-electron chi connectivity index (χ2n) is 7.14. The number of aromatic nitrogens is 3. The zero-order chi connectivity index (χ0) is 20.4. The summed E-state index contributed by atoms with van der Waals surface area (Å²) in [5, 5.41) is 24.6. The van der Waals surface area contributed by atoms with Gasteiger partial charge in [-0.1, -0.05) is 30.4 Å². The van der Waals surface area contributed by atoms with Gasteiger partial charge in [0.2, 0.25) is 10.8 Å². The highest BCUT2D eigenvalue weighted by molar-refractivity contribution is 7.17. The maximum absolute atomic E-state index is 11.0. The first-order valence-corrected chi connectivity index (χ1v) is 10.7. The molecule has 8 nitrogen and oxygen atoms in total. The molecule has 0 bridgehead atoms. The molecule has 1 aromatic carbocycles. The van der Waals surface area contributed by atoms with Gasteiger partial charge < -0.3 is 14.9 Å². The van der Waals surface area contributed by atoms with Crippen molar-refractivity contribution in [2.24, 2.45) is 0 Å². The number of aromatic hydroxyl groups is 1. The first-order valence-electron chi connectivity index (χ1n) is 9.93. The van der Waals surface area contributed by atoms with E-state index in [1.54, 1.807) is 11.6 Å². The van der Waals surface area contributed by atoms with Crippen molar-refractivity contribution < 1.29 is 14.9 Å². The molecule has 0 radical (unpaired) electrons. The number of aryl methyl sites for hydroxylation is 1. The van der Waals surface area contributed by atoms with Crippen molar-refractivity contribution in [3.05, 3.63) is 40.5 Å². The van der Waals surface area contributed by atoms with Gasteiger partial charge in [-0.25, -0.2) is 4.98 Å². The van der Waals surface area contributed by atoms with Crippen molar-refractivity contribution in [3.63, 3.8) is 0 Å². The van der Waals surface area contributed by atoms with Gasteiger partial charge in [-0.05, 0) is 17.7 Å². The van der Waals surface area contributed by atoms with Gasteiger partial charge in [-0.3, -0.25) is 9.80 Å². The van der Waals surface area contributed by atoms with Crippen LogP contribution in [-0.2, 0) is 6.42 Å². The molecule has 2 N–H and O–H groups in total. The highest BCUT2D eigenvalue weighted by Crippen LogP contribution is 2.40. The van der Waals surface area contributed by atoms with E-state index in [0.29, 0.717) is 11.5 Å². The molecule has 0 spiro atoms. The quantitative estimate of drug-likeness (QED) is 0.606. The number of aliphatic hydroxyl groups is 1. The molecule has 29 heavy (non-hydrogen) atoms. The van der Waals surface area contributed by atoms with Crippen molar-refractivity contribution in [1.82, 2.24) is 24.4 Å². The lowest BCUT2D eigenvalue weighted by molar-refractivity contribution is 0.0945. The number of thiazole rings is 1. The smallest absolute Gasteiger partial charge is 0.230 e. The summed E-state index contributed by atoms with van der Waals surface area (Å²) >= 11 is 1.49. The van der Waals surface area contributed by atoms with Gasteiger partial charge in [0.05, 0.1) is 24.6 Å². The van der Waals surface area contributed by atoms with Crippen LogP contribution in [0, 0.1) is 0 Å². The van der Waals surface area contributed by atoms with Crippen LogP contribution in [0.25, 0.3) is 4.96 Å². The molecule has 1 unspecified atom stereocenters. The van der Waals surface area contributed by atoms with Crippen LogP contribution in [-0.4, -0.2) is 81.1 Å². The Bertz CT molecular complexity index is 947. The third-order valence-electron chi connectivity index (χ3n) is 5.43. The van der Waals surface area contributed by atoms with Crippen molar-refractivity contribution >= 4 is 16.3 Å². The molecule has 0 saturated carbocycles. The van der Waals surface area contributed by atoms with Crippen LogP contribution >= 0.6 is 11.3 Å². The first kappa shape index (κ1) is 20.1. The molecular formula is C20H27N5O3S. The summed E-state index contributed by atoms with van der Waals surface area (Å²) in [7, 11) is 1.66. The van der Waals surface area contributed by atoms with Crippen molar-refractivity contribution in [2.45, 2.75) is 19.4 Å². The highest BCUT2D eigenvalue weighted by Gasteiger charge is 2.31. The number of aliphatic hydroxyl groups excluding tert-OH is 1. The van der Waals surface area contributed by atoms with Crippen molar-refractivity contribution in [1.29, 1.82) is 0 Å². The Morgan fingerprint density at radius 2 is 1.90 bits per heavy atom. The monoisotopic (exact) mass is 417 g/mol. The normalized spacial score (nSPS) is 17.1. The largest absolute Gasteiger partial charge is 0.497 e. The molecule has 1 fully saturated rings. The van der Waals surface area contributed by atoms with Crippen molar-refractivity contribution in [2.75, 3.05) is 46.4 Å². The van der Waals surface area contributed by atoms with Crippen LogP contribution in [0.15, 0.2) is 24.3 Å². The lowest BCUT2D eigenvalue weighted by Crippen LogP contribution is -2.48. The SMILES string of the molecule is CCc1nc2sc(C(c3ccc(OC)cc3)N3CCN(CCO)CC3)c(O)n2n1. The van der Waals surface area contributed by atoms with Gasteiger partial charge >= 0.3 is 0 Å². The topological polar surface area (TPSA) is 86.4 Å². The number of fused-ring (bicyclic) bond motifs is 1. The minimum Gasteiger partial charge on any atom is -0.497 e. The molecule has 1 aliphatic rings. The number of ether oxygens (including phenoxy) is 1. The van der Waals surface area contributed by atoms with E-state index >= 15 is 0 Å². The predicted molar refractivity (Wildman–Crippen MR) is 112 cm³/mol. The Kier molecular flexibility index (Phi) is 6.00. The van der Waals surface area contributed by atoms with E-state index in [0.717, 1.165) is 54.6 Å². The second kappa shape index (κ2) is 8.66. The van der Waals surface area contributed by atoms with Crippen LogP contribution in [0.4, 0.5) is 0 Å². The lowest BCUT2D eigenvalue weighted by atomic mass is 10.0. The Balaban J connectivity index is 1.70. The van der Waals surface area contributed by atoms with Gasteiger partial charge in [0.15, 0.2) is 5.82 Å². The summed E-state index contributed by atoms with van der Waals surface area (Å²) in [5.74, 6) is 1.70. The van der Waals surface area contributed by atoms with Crippen LogP contribution in [0.2, 0.25) is 0 Å². The van der Waals surface area contributed by atoms with Gasteiger partial charge in [0, 0.05) is 39.1 Å². The van der Waals surface area contributed by atoms with Gasteiger partial charge in [0.25, 0.3) is 0 Å². The number of hydrogen-bond acceptors (Lipinski definition) is 8. The van der Waals surface area contributed by atoms with E-state index in [1.807, 2.05) is 19.1 Å². The summed E-state index contributed by atoms with van der Waals surface area (Å²) in [4.78, 5) is 10.7. The maximum atomic E-state index is 11.0. The van der Waals surface area contributed by atoms with E-state index < -0.39 is 0 Å². The average Bonchev–Trinajstić information content (AvgIpc) is 3.29. The highest BCUT2D eigenvalue weighted by atomic mass is 32.1. The molecule has 0 amide bonds. The molecule has 2 aromatic heterocycles. The average molecular weight is 418 g/mol. The number of nitrogens with zero attached hydrogens (tertiary/aromatic N) is 5. The number of benzene rings is 1. The number of piperazine rings is 1. The molecule has 1 atom stereocenters. The van der Waals surface area contributed by atoms with Crippen LogP contribution in [0.1, 0.15) is 29.2 Å². The first-order chi connectivity index (χ1) is 14.1. The van der Waals surface area contributed by atoms with E-state index in [2.05, 4.69) is 32.0 Å². The van der Waals surface area contributed by atoms with E-state index in [-0.39, 0.29) is 18.5 Å². The standard InChI is InChI=1S/C20H27N5O3S/c1-3-16-21-20-25(22-16)19(27)18(29-20)17(14-4-6-15(28-2)7-5-14)24-10-8-23(9-11-24)12-13-26/h4-7,17,26-27H,3,8-13H2,1-2H3. The zero-order valence-corrected chi connectivity index (χ0v) is 17.6. The molecule has 3 aromatic rings. The second-order valence-corrected chi connectivity index (χ2v) is 8.15.